The molecule has 0 atom stereocenters. The van der Waals surface area contributed by atoms with Crippen LogP contribution in [0.1, 0.15) is 27.4 Å². The van der Waals surface area contributed by atoms with Gasteiger partial charge < -0.3 is 10.1 Å². The number of aryl methyl sites for hydroxylation is 1. The second kappa shape index (κ2) is 9.53. The molecule has 0 aliphatic rings. The number of benzene rings is 2. The summed E-state index contributed by atoms with van der Waals surface area (Å²) in [6, 6.07) is 14.1. The Kier molecular flexibility index (Phi) is 6.35. The summed E-state index contributed by atoms with van der Waals surface area (Å²) in [6.07, 6.45) is 1.49. The smallest absolute Gasteiger partial charge is 0.311 e. The number of nitrogens with zero attached hydrogens (tertiary/aromatic N) is 5. The number of hydrogen-bond acceptors (Lipinski definition) is 6. The maximum absolute atomic E-state index is 13.4. The summed E-state index contributed by atoms with van der Waals surface area (Å²) in [5.41, 5.74) is 3.32. The topological polar surface area (TPSA) is 117 Å². The van der Waals surface area contributed by atoms with Gasteiger partial charge in [-0.2, -0.15) is 10.2 Å². The van der Waals surface area contributed by atoms with Gasteiger partial charge in [-0.1, -0.05) is 18.2 Å². The number of hydrogen-bond donors (Lipinski definition) is 1. The molecule has 0 radical (unpaired) electrons. The van der Waals surface area contributed by atoms with E-state index in [-0.39, 0.29) is 30.4 Å². The maximum Gasteiger partial charge on any atom is 0.311 e. The summed E-state index contributed by atoms with van der Waals surface area (Å²) in [4.78, 5) is 23.0. The average molecular weight is 464 g/mol. The summed E-state index contributed by atoms with van der Waals surface area (Å²) < 4.78 is 21.9. The van der Waals surface area contributed by atoms with Crippen LogP contribution in [0, 0.1) is 29.8 Å². The third kappa shape index (κ3) is 4.77. The minimum absolute atomic E-state index is 0.142. The summed E-state index contributed by atoms with van der Waals surface area (Å²) >= 11 is 0. The van der Waals surface area contributed by atoms with E-state index in [2.05, 4.69) is 15.5 Å². The number of ether oxygens (including phenoxy) is 1. The van der Waals surface area contributed by atoms with E-state index in [9.17, 15) is 19.3 Å². The Morgan fingerprint density at radius 3 is 2.65 bits per heavy atom. The molecule has 0 aliphatic carbocycles. The van der Waals surface area contributed by atoms with Gasteiger partial charge in [0.25, 0.3) is 5.91 Å². The normalized spacial score (nSPS) is 10.8. The lowest BCUT2D eigenvalue weighted by molar-refractivity contribution is -0.386. The van der Waals surface area contributed by atoms with Crippen LogP contribution in [0.25, 0.3) is 5.69 Å². The minimum atomic E-state index is -0.666. The number of nitro benzene ring substituents is 1. The van der Waals surface area contributed by atoms with Gasteiger partial charge in [0, 0.05) is 36.1 Å². The summed E-state index contributed by atoms with van der Waals surface area (Å²) in [6.45, 7) is 3.85. The van der Waals surface area contributed by atoms with E-state index >= 15 is 0 Å². The molecule has 0 spiro atoms. The molecule has 11 heteroatoms. The van der Waals surface area contributed by atoms with E-state index in [1.807, 2.05) is 48.9 Å². The lowest BCUT2D eigenvalue weighted by Gasteiger charge is -2.07. The van der Waals surface area contributed by atoms with Crippen molar-refractivity contribution < 1.29 is 18.8 Å². The molecule has 0 saturated heterocycles. The molecule has 0 fully saturated rings. The highest BCUT2D eigenvalue weighted by molar-refractivity contribution is 5.92. The Labute approximate surface area is 193 Å². The molecule has 2 heterocycles. The molecule has 1 N–H and O–H groups in total. The highest BCUT2D eigenvalue weighted by atomic mass is 19.1. The predicted octanol–water partition coefficient (Wildman–Crippen LogP) is 3.70. The van der Waals surface area contributed by atoms with Crippen LogP contribution in [0.2, 0.25) is 0 Å². The molecule has 10 nitrogen and oxygen atoms in total. The molecule has 2 aromatic carbocycles. The number of halogens is 1. The first kappa shape index (κ1) is 22.6. The monoisotopic (exact) mass is 464 g/mol. The van der Waals surface area contributed by atoms with Gasteiger partial charge in [-0.15, -0.1) is 0 Å². The van der Waals surface area contributed by atoms with Gasteiger partial charge in [-0.25, -0.2) is 13.8 Å². The standard InChI is InChI=1S/C23H21FN6O4/c1-15-19(16(2)29(26-15)18-6-4-3-5-7-18)13-25-23(31)20-10-11-28(27-20)14-34-22-12-17(24)8-9-21(22)30(32)33/h3-12H,13-14H2,1-2H3,(H,25,31). The quantitative estimate of drug-likeness (QED) is 0.314. The Morgan fingerprint density at radius 2 is 1.91 bits per heavy atom. The molecule has 4 aromatic rings. The summed E-state index contributed by atoms with van der Waals surface area (Å²) in [5, 5.41) is 22.6. The second-order valence-electron chi connectivity index (χ2n) is 7.46. The van der Waals surface area contributed by atoms with Crippen LogP contribution in [-0.4, -0.2) is 30.4 Å². The van der Waals surface area contributed by atoms with E-state index in [4.69, 9.17) is 4.74 Å². The lowest BCUT2D eigenvalue weighted by atomic mass is 10.2. The molecule has 0 unspecified atom stereocenters. The van der Waals surface area contributed by atoms with Crippen molar-refractivity contribution in [1.29, 1.82) is 0 Å². The Hall–Kier alpha value is -4.54. The fourth-order valence-corrected chi connectivity index (χ4v) is 3.46. The van der Waals surface area contributed by atoms with Crippen molar-refractivity contribution in [3.05, 3.63) is 99.4 Å². The van der Waals surface area contributed by atoms with Gasteiger partial charge in [-0.3, -0.25) is 14.9 Å². The van der Waals surface area contributed by atoms with Crippen LogP contribution in [0.5, 0.6) is 5.75 Å². The first-order valence-electron chi connectivity index (χ1n) is 10.3. The first-order chi connectivity index (χ1) is 16.3. The average Bonchev–Trinajstić information content (AvgIpc) is 3.41. The van der Waals surface area contributed by atoms with Crippen LogP contribution in [0.3, 0.4) is 0 Å². The van der Waals surface area contributed by atoms with Crippen LogP contribution >= 0.6 is 0 Å². The molecule has 34 heavy (non-hydrogen) atoms. The molecular formula is C23H21FN6O4. The van der Waals surface area contributed by atoms with Gasteiger partial charge >= 0.3 is 5.69 Å². The first-order valence-corrected chi connectivity index (χ1v) is 10.3. The van der Waals surface area contributed by atoms with Gasteiger partial charge in [0.05, 0.1) is 16.3 Å². The Morgan fingerprint density at radius 1 is 1.15 bits per heavy atom. The molecule has 1 amide bonds. The third-order valence-corrected chi connectivity index (χ3v) is 5.21. The van der Waals surface area contributed by atoms with Gasteiger partial charge in [0.1, 0.15) is 11.5 Å². The lowest BCUT2D eigenvalue weighted by Crippen LogP contribution is -2.24. The van der Waals surface area contributed by atoms with Crippen LogP contribution in [0.4, 0.5) is 10.1 Å². The molecule has 0 bridgehead atoms. The molecular weight excluding hydrogens is 443 g/mol. The van der Waals surface area contributed by atoms with Crippen LogP contribution in [-0.2, 0) is 13.3 Å². The molecule has 2 aromatic heterocycles. The zero-order chi connectivity index (χ0) is 24.2. The van der Waals surface area contributed by atoms with Crippen molar-refractivity contribution >= 4 is 11.6 Å². The zero-order valence-electron chi connectivity index (χ0n) is 18.4. The summed E-state index contributed by atoms with van der Waals surface area (Å²) in [7, 11) is 0. The Bertz CT molecular complexity index is 1350. The second-order valence-corrected chi connectivity index (χ2v) is 7.46. The van der Waals surface area contributed by atoms with Crippen LogP contribution < -0.4 is 10.1 Å². The molecule has 0 aliphatic heterocycles. The third-order valence-electron chi connectivity index (χ3n) is 5.21. The van der Waals surface area contributed by atoms with Gasteiger partial charge in [0.2, 0.25) is 5.75 Å². The van der Waals surface area contributed by atoms with E-state index in [0.29, 0.717) is 0 Å². The SMILES string of the molecule is Cc1nn(-c2ccccc2)c(C)c1CNC(=O)c1ccn(COc2cc(F)ccc2[N+](=O)[O-])n1. The van der Waals surface area contributed by atoms with E-state index in [0.717, 1.165) is 40.8 Å². The number of aromatic nitrogens is 4. The van der Waals surface area contributed by atoms with Gasteiger partial charge in [-0.05, 0) is 38.1 Å². The van der Waals surface area contributed by atoms with Crippen molar-refractivity contribution in [1.82, 2.24) is 24.9 Å². The zero-order valence-corrected chi connectivity index (χ0v) is 18.4. The highest BCUT2D eigenvalue weighted by Crippen LogP contribution is 2.27. The Balaban J connectivity index is 1.40. The van der Waals surface area contributed by atoms with Crippen molar-refractivity contribution in [3.63, 3.8) is 0 Å². The van der Waals surface area contributed by atoms with E-state index < -0.39 is 16.6 Å². The van der Waals surface area contributed by atoms with E-state index in [1.54, 1.807) is 0 Å². The predicted molar refractivity (Wildman–Crippen MR) is 120 cm³/mol. The number of amides is 1. The largest absolute Gasteiger partial charge is 0.464 e. The molecule has 0 saturated carbocycles. The molecule has 174 valence electrons. The fraction of sp³-hybridized carbons (Fsp3) is 0.174. The number of nitrogens with one attached hydrogen (secondary N) is 1. The fourth-order valence-electron chi connectivity index (χ4n) is 3.46. The van der Waals surface area contributed by atoms with Crippen LogP contribution in [0.15, 0.2) is 60.8 Å². The molecule has 4 rings (SSSR count). The number of carbonyl (C=O) groups excluding carboxylic acids is 1. The number of carbonyl (C=O) groups is 1. The van der Waals surface area contributed by atoms with Crippen molar-refractivity contribution in [2.75, 3.05) is 0 Å². The van der Waals surface area contributed by atoms with Crippen molar-refractivity contribution in [2.24, 2.45) is 0 Å². The highest BCUT2D eigenvalue weighted by Gasteiger charge is 2.18. The summed E-state index contributed by atoms with van der Waals surface area (Å²) in [5.74, 6) is -1.29. The van der Waals surface area contributed by atoms with Gasteiger partial charge in [0.15, 0.2) is 6.73 Å². The number of para-hydroxylation sites is 1. The minimum Gasteiger partial charge on any atom is -0.464 e. The number of nitro groups is 1. The number of rotatable bonds is 8. The van der Waals surface area contributed by atoms with E-state index in [1.165, 1.54) is 16.9 Å². The van der Waals surface area contributed by atoms with Crippen molar-refractivity contribution in [3.8, 4) is 11.4 Å². The van der Waals surface area contributed by atoms with Crippen molar-refractivity contribution in [2.45, 2.75) is 27.1 Å². The maximum atomic E-state index is 13.4.